The number of fused-ring (bicyclic) bond motifs is 1. The average Bonchev–Trinajstić information content (AvgIpc) is 3.10. The van der Waals surface area contributed by atoms with Crippen molar-refractivity contribution < 1.29 is 9.59 Å². The van der Waals surface area contributed by atoms with Gasteiger partial charge in [-0.3, -0.25) is 14.6 Å². The number of carbonyl (C=O) groups excluding carboxylic acids is 2. The van der Waals surface area contributed by atoms with Gasteiger partial charge in [-0.25, -0.2) is 0 Å². The largest absolute Gasteiger partial charge is 0.348 e. The minimum Gasteiger partial charge on any atom is -0.348 e. The second kappa shape index (κ2) is 8.88. The molecule has 0 bridgehead atoms. The molecule has 2 N–H and O–H groups in total. The van der Waals surface area contributed by atoms with Crippen LogP contribution in [0.15, 0.2) is 53.3 Å². The van der Waals surface area contributed by atoms with Crippen molar-refractivity contribution >= 4 is 44.1 Å². The third-order valence-corrected chi connectivity index (χ3v) is 6.53. The highest BCUT2D eigenvalue weighted by Gasteiger charge is 2.26. The van der Waals surface area contributed by atoms with Crippen molar-refractivity contribution in [1.82, 2.24) is 10.3 Å². The van der Waals surface area contributed by atoms with Crippen LogP contribution in [0.1, 0.15) is 49.6 Å². The molecule has 2 amide bonds. The Morgan fingerprint density at radius 3 is 2.66 bits per heavy atom. The number of nitrogens with one attached hydrogen (secondary N) is 2. The fourth-order valence-corrected chi connectivity index (χ4v) is 5.12. The molecule has 0 radical (unpaired) electrons. The Bertz CT molecular complexity index is 1050. The molecule has 0 atom stereocenters. The number of benzene rings is 1. The number of nitrogens with zero attached hydrogens (tertiary/aromatic N) is 1. The summed E-state index contributed by atoms with van der Waals surface area (Å²) in [6, 6.07) is 11.5. The number of hydrogen-bond donors (Lipinski definition) is 2. The van der Waals surface area contributed by atoms with E-state index in [-0.39, 0.29) is 11.8 Å². The van der Waals surface area contributed by atoms with E-state index in [0.29, 0.717) is 22.7 Å². The maximum atomic E-state index is 13.1. The van der Waals surface area contributed by atoms with Crippen molar-refractivity contribution in [2.75, 3.05) is 5.32 Å². The van der Waals surface area contributed by atoms with Crippen LogP contribution in [0.5, 0.6) is 0 Å². The number of thiophene rings is 1. The molecular weight excluding hydrogens is 450 g/mol. The van der Waals surface area contributed by atoms with Crippen LogP contribution in [-0.2, 0) is 19.4 Å². The number of aromatic nitrogens is 1. The van der Waals surface area contributed by atoms with Crippen LogP contribution in [0.4, 0.5) is 5.00 Å². The first-order valence-corrected chi connectivity index (χ1v) is 11.1. The highest BCUT2D eigenvalue weighted by Crippen LogP contribution is 2.38. The zero-order valence-corrected chi connectivity index (χ0v) is 18.1. The number of hydrogen-bond acceptors (Lipinski definition) is 4. The van der Waals surface area contributed by atoms with Crippen molar-refractivity contribution in [2.45, 2.75) is 32.2 Å². The second-order valence-corrected chi connectivity index (χ2v) is 8.95. The van der Waals surface area contributed by atoms with Crippen molar-refractivity contribution in [2.24, 2.45) is 0 Å². The molecule has 2 aromatic heterocycles. The minimum atomic E-state index is -0.269. The molecule has 7 heteroatoms. The Balaban J connectivity index is 1.59. The second-order valence-electron chi connectivity index (χ2n) is 6.93. The summed E-state index contributed by atoms with van der Waals surface area (Å²) in [5.74, 6) is -0.412. The normalized spacial score (nSPS) is 12.9. The van der Waals surface area contributed by atoms with E-state index >= 15 is 0 Å². The number of rotatable bonds is 5. The van der Waals surface area contributed by atoms with Gasteiger partial charge in [-0.2, -0.15) is 0 Å². The molecule has 4 rings (SSSR count). The zero-order chi connectivity index (χ0) is 20.2. The lowest BCUT2D eigenvalue weighted by molar-refractivity contribution is 0.0951. The molecule has 29 heavy (non-hydrogen) atoms. The van der Waals surface area contributed by atoms with E-state index in [1.807, 2.05) is 30.3 Å². The molecule has 1 aliphatic carbocycles. The molecule has 3 aromatic rings. The summed E-state index contributed by atoms with van der Waals surface area (Å²) in [4.78, 5) is 31.1. The number of halogens is 1. The Morgan fingerprint density at radius 2 is 1.86 bits per heavy atom. The number of pyridine rings is 1. The van der Waals surface area contributed by atoms with Crippen LogP contribution in [0.2, 0.25) is 0 Å². The van der Waals surface area contributed by atoms with E-state index in [0.717, 1.165) is 41.3 Å². The summed E-state index contributed by atoms with van der Waals surface area (Å²) in [5.41, 5.74) is 3.17. The number of amides is 2. The summed E-state index contributed by atoms with van der Waals surface area (Å²) in [5, 5.41) is 6.58. The van der Waals surface area contributed by atoms with E-state index in [9.17, 15) is 9.59 Å². The molecule has 0 aliphatic heterocycles. The van der Waals surface area contributed by atoms with E-state index in [1.54, 1.807) is 12.3 Å². The summed E-state index contributed by atoms with van der Waals surface area (Å²) in [6.07, 6.45) is 7.14. The summed E-state index contributed by atoms with van der Waals surface area (Å²) in [6.45, 7) is 0.452. The van der Waals surface area contributed by atoms with Gasteiger partial charge in [0.15, 0.2) is 0 Å². The molecule has 5 nitrogen and oxygen atoms in total. The first kappa shape index (κ1) is 19.8. The van der Waals surface area contributed by atoms with Crippen LogP contribution in [0.3, 0.4) is 0 Å². The maximum absolute atomic E-state index is 13.1. The third-order valence-electron chi connectivity index (χ3n) is 4.89. The predicted octanol–water partition coefficient (Wildman–Crippen LogP) is 4.97. The minimum absolute atomic E-state index is 0.143. The molecule has 0 saturated carbocycles. The predicted molar refractivity (Wildman–Crippen MR) is 118 cm³/mol. The lowest BCUT2D eigenvalue weighted by Gasteiger charge is -2.13. The number of aryl methyl sites for hydroxylation is 1. The van der Waals surface area contributed by atoms with Crippen molar-refractivity contribution in [3.8, 4) is 0 Å². The van der Waals surface area contributed by atoms with Crippen LogP contribution >= 0.6 is 27.3 Å². The Hall–Kier alpha value is -2.51. The highest BCUT2D eigenvalue weighted by molar-refractivity contribution is 9.10. The first-order chi connectivity index (χ1) is 14.1. The van der Waals surface area contributed by atoms with Gasteiger partial charge < -0.3 is 10.6 Å². The van der Waals surface area contributed by atoms with E-state index in [1.165, 1.54) is 22.4 Å². The van der Waals surface area contributed by atoms with Gasteiger partial charge in [0, 0.05) is 28.3 Å². The van der Waals surface area contributed by atoms with Crippen LogP contribution in [-0.4, -0.2) is 16.8 Å². The SMILES string of the molecule is O=C(Nc1sc2c(c1C(=O)NCc1ccccc1)CCCC2)c1cncc(Br)c1. The van der Waals surface area contributed by atoms with Crippen LogP contribution in [0, 0.1) is 0 Å². The van der Waals surface area contributed by atoms with Crippen molar-refractivity contribution in [1.29, 1.82) is 0 Å². The number of anilines is 1. The number of carbonyl (C=O) groups is 2. The highest BCUT2D eigenvalue weighted by atomic mass is 79.9. The summed E-state index contributed by atoms with van der Waals surface area (Å²) in [7, 11) is 0. The van der Waals surface area contributed by atoms with Gasteiger partial charge in [0.2, 0.25) is 0 Å². The molecule has 0 saturated heterocycles. The lowest BCUT2D eigenvalue weighted by Crippen LogP contribution is -2.25. The van der Waals surface area contributed by atoms with Gasteiger partial charge in [0.05, 0.1) is 11.1 Å². The molecule has 0 fully saturated rings. The molecular formula is C22H20BrN3O2S. The van der Waals surface area contributed by atoms with Gasteiger partial charge >= 0.3 is 0 Å². The van der Waals surface area contributed by atoms with Crippen LogP contribution < -0.4 is 10.6 Å². The Labute approximate surface area is 181 Å². The third kappa shape index (κ3) is 4.57. The molecule has 0 spiro atoms. The first-order valence-electron chi connectivity index (χ1n) is 9.50. The van der Waals surface area contributed by atoms with E-state index < -0.39 is 0 Å². The van der Waals surface area contributed by atoms with Gasteiger partial charge in [-0.05, 0) is 58.8 Å². The molecule has 2 heterocycles. The van der Waals surface area contributed by atoms with Gasteiger partial charge in [0.1, 0.15) is 5.00 Å². The fraction of sp³-hybridized carbons (Fsp3) is 0.227. The maximum Gasteiger partial charge on any atom is 0.257 e. The van der Waals surface area contributed by atoms with Crippen molar-refractivity contribution in [3.05, 3.63) is 80.4 Å². The molecule has 1 aromatic carbocycles. The fourth-order valence-electron chi connectivity index (χ4n) is 3.47. The average molecular weight is 470 g/mol. The quantitative estimate of drug-likeness (QED) is 0.554. The molecule has 148 valence electrons. The monoisotopic (exact) mass is 469 g/mol. The van der Waals surface area contributed by atoms with Crippen LogP contribution in [0.25, 0.3) is 0 Å². The lowest BCUT2D eigenvalue weighted by atomic mass is 9.95. The van der Waals surface area contributed by atoms with E-state index in [4.69, 9.17) is 0 Å². The summed E-state index contributed by atoms with van der Waals surface area (Å²) >= 11 is 4.85. The molecule has 1 aliphatic rings. The Morgan fingerprint density at radius 1 is 1.07 bits per heavy atom. The topological polar surface area (TPSA) is 71.1 Å². The standard InChI is InChI=1S/C22H20BrN3O2S/c23-16-10-15(12-24-13-16)20(27)26-22-19(17-8-4-5-9-18(17)29-22)21(28)25-11-14-6-2-1-3-7-14/h1-3,6-7,10,12-13H,4-5,8-9,11H2,(H,25,28)(H,26,27). The Kier molecular flexibility index (Phi) is 6.06. The van der Waals surface area contributed by atoms with Gasteiger partial charge in [-0.1, -0.05) is 30.3 Å². The smallest absolute Gasteiger partial charge is 0.257 e. The van der Waals surface area contributed by atoms with Gasteiger partial charge in [0.25, 0.3) is 11.8 Å². The van der Waals surface area contributed by atoms with Gasteiger partial charge in [-0.15, -0.1) is 11.3 Å². The zero-order valence-electron chi connectivity index (χ0n) is 15.7. The van der Waals surface area contributed by atoms with E-state index in [2.05, 4.69) is 31.5 Å². The molecule has 0 unspecified atom stereocenters. The summed E-state index contributed by atoms with van der Waals surface area (Å²) < 4.78 is 0.733. The van der Waals surface area contributed by atoms with Crippen molar-refractivity contribution in [3.63, 3.8) is 0 Å².